The summed E-state index contributed by atoms with van der Waals surface area (Å²) in [5.41, 5.74) is 1.84. The molecule has 1 saturated heterocycles. The number of fused-ring (bicyclic) bond motifs is 4. The highest BCUT2D eigenvalue weighted by Gasteiger charge is 2.50. The van der Waals surface area contributed by atoms with Gasteiger partial charge >= 0.3 is 6.09 Å². The summed E-state index contributed by atoms with van der Waals surface area (Å²) in [6, 6.07) is 11.5. The minimum atomic E-state index is -4.03. The summed E-state index contributed by atoms with van der Waals surface area (Å²) in [5, 5.41) is 3.66. The molecular formula is C47H67ClN4O8S. The molecule has 7 atom stereocenters. The van der Waals surface area contributed by atoms with Gasteiger partial charge in [-0.15, -0.1) is 0 Å². The number of hydrogen-bond acceptors (Lipinski definition) is 10. The number of rotatable bonds is 8. The highest BCUT2D eigenvalue weighted by Crippen LogP contribution is 2.49. The van der Waals surface area contributed by atoms with Crippen molar-refractivity contribution in [1.29, 1.82) is 0 Å². The Labute approximate surface area is 368 Å². The van der Waals surface area contributed by atoms with Crippen molar-refractivity contribution in [1.82, 2.24) is 14.9 Å². The molecule has 2 bridgehead atoms. The predicted octanol–water partition coefficient (Wildman–Crippen LogP) is 7.66. The quantitative estimate of drug-likeness (QED) is 0.201. The van der Waals surface area contributed by atoms with Gasteiger partial charge in [-0.1, -0.05) is 36.7 Å². The maximum absolute atomic E-state index is 13.8. The van der Waals surface area contributed by atoms with Crippen LogP contribution in [-0.2, 0) is 36.1 Å². The van der Waals surface area contributed by atoms with Gasteiger partial charge in [0.1, 0.15) is 17.0 Å². The number of aryl methyl sites for hydroxylation is 1. The molecule has 0 aromatic heterocycles. The number of halogens is 1. The molecule has 3 aliphatic heterocycles. The van der Waals surface area contributed by atoms with E-state index in [1.807, 2.05) is 50.8 Å². The van der Waals surface area contributed by atoms with Crippen LogP contribution in [0.15, 0.2) is 48.6 Å². The number of allylic oxidation sites excluding steroid dienone is 1. The number of nitrogens with one attached hydrogen (secondary N) is 2. The zero-order valence-electron chi connectivity index (χ0n) is 37.0. The molecule has 7 rings (SSSR count). The van der Waals surface area contributed by atoms with Crippen molar-refractivity contribution >= 4 is 39.3 Å². The number of carbonyl (C=O) groups is 2. The first-order chi connectivity index (χ1) is 29.0. The van der Waals surface area contributed by atoms with Crippen molar-refractivity contribution in [3.63, 3.8) is 0 Å². The molecular weight excluding hydrogens is 816 g/mol. The lowest BCUT2D eigenvalue weighted by atomic mass is 9.63. The third-order valence-corrected chi connectivity index (χ3v) is 16.1. The second-order valence-corrected chi connectivity index (χ2v) is 21.8. The Morgan fingerprint density at radius 2 is 1.89 bits per heavy atom. The zero-order chi connectivity index (χ0) is 43.6. The Hall–Kier alpha value is -3.36. The Morgan fingerprint density at radius 1 is 1.07 bits per heavy atom. The minimum Gasteiger partial charge on any atom is -0.490 e. The van der Waals surface area contributed by atoms with E-state index in [-0.39, 0.29) is 40.9 Å². The summed E-state index contributed by atoms with van der Waals surface area (Å²) in [5.74, 6) is 0.0184. The number of likely N-dealkylation sites (tertiary alicyclic amines) is 1. The van der Waals surface area contributed by atoms with Crippen LogP contribution in [0.1, 0.15) is 107 Å². The molecule has 12 nitrogen and oxygen atoms in total. The summed E-state index contributed by atoms with van der Waals surface area (Å²) < 4.78 is 55.1. The molecule has 5 aliphatic rings. The first-order valence-corrected chi connectivity index (χ1v) is 24.3. The highest BCUT2D eigenvalue weighted by atomic mass is 35.5. The molecule has 1 spiro atoms. The Balaban J connectivity index is 1.26. The van der Waals surface area contributed by atoms with E-state index in [1.165, 1.54) is 11.1 Å². The fraction of sp³-hybridized carbons (Fsp3) is 0.660. The van der Waals surface area contributed by atoms with E-state index in [9.17, 15) is 18.0 Å². The Bertz CT molecular complexity index is 2040. The number of piperidine rings is 1. The largest absolute Gasteiger partial charge is 0.490 e. The van der Waals surface area contributed by atoms with E-state index >= 15 is 0 Å². The van der Waals surface area contributed by atoms with E-state index < -0.39 is 32.4 Å². The van der Waals surface area contributed by atoms with Crippen molar-refractivity contribution in [2.75, 3.05) is 64.6 Å². The van der Waals surface area contributed by atoms with E-state index in [4.69, 9.17) is 30.5 Å². The maximum Gasteiger partial charge on any atom is 0.410 e. The van der Waals surface area contributed by atoms with Crippen molar-refractivity contribution in [2.24, 2.45) is 17.8 Å². The average molecular weight is 884 g/mol. The SMILES string of the molecule is COCCO[C@@]1(CNC[C@H]2CCCCN2C(=O)OC(C)(C)C)/C=C\C[C@H](C)[C@@H](C)S(=O)(=O)NC(=O)c2ccc3c(c2)N(C[C@@H]2CC[C@H]21)C[C@@]1(CCCc2cc(Cl)ccc21)CO3. The van der Waals surface area contributed by atoms with Crippen molar-refractivity contribution < 1.29 is 37.0 Å². The average Bonchev–Trinajstić information content (AvgIpc) is 3.34. The molecule has 2 N–H and O–H groups in total. The third kappa shape index (κ3) is 10.2. The molecule has 2 aliphatic carbocycles. The highest BCUT2D eigenvalue weighted by molar-refractivity contribution is 7.90. The van der Waals surface area contributed by atoms with Gasteiger partial charge in [0, 0.05) is 61.9 Å². The lowest BCUT2D eigenvalue weighted by Crippen LogP contribution is -2.58. The molecule has 2 fully saturated rings. The molecule has 336 valence electrons. The number of sulfonamides is 1. The summed E-state index contributed by atoms with van der Waals surface area (Å²) in [6.45, 7) is 13.6. The zero-order valence-corrected chi connectivity index (χ0v) is 38.5. The van der Waals surface area contributed by atoms with Crippen molar-refractivity contribution in [2.45, 2.75) is 120 Å². The van der Waals surface area contributed by atoms with Crippen LogP contribution in [0.5, 0.6) is 5.75 Å². The molecule has 0 unspecified atom stereocenters. The fourth-order valence-electron chi connectivity index (χ4n) is 10.3. The molecule has 61 heavy (non-hydrogen) atoms. The standard InChI is InChI=1S/C47H67ClN4O8S/c1-32-11-9-21-47(59-24-23-57-6,29-49-27-38-13-7-8-22-52(38)44(54)60-45(3,4)5)40-17-14-36(40)28-51-30-46(20-10-12-34-25-37(48)16-18-39(34)46)31-58-42-19-15-35(26-41(42)51)43(53)50-61(55,56)33(32)2/h9,15-16,18-19,21,25-26,32-33,36,38,40,49H,7-8,10-14,17,20,22-24,27-31H2,1-6H3,(H,50,53)/b21-9-/t32-,33+,36-,38+,40+,46-,47+/m0/s1. The lowest BCUT2D eigenvalue weighted by molar-refractivity contribution is -0.107. The first kappa shape index (κ1) is 45.7. The van der Waals surface area contributed by atoms with E-state index in [0.717, 1.165) is 62.1 Å². The topological polar surface area (TPSA) is 136 Å². The van der Waals surface area contributed by atoms with Gasteiger partial charge in [0.05, 0.1) is 30.8 Å². The van der Waals surface area contributed by atoms with Gasteiger partial charge in [0.2, 0.25) is 10.0 Å². The van der Waals surface area contributed by atoms with Gasteiger partial charge < -0.3 is 34.1 Å². The summed E-state index contributed by atoms with van der Waals surface area (Å²) in [6.07, 6.45) is 12.1. The van der Waals surface area contributed by atoms with Crippen LogP contribution in [-0.4, -0.2) is 107 Å². The molecule has 3 heterocycles. The van der Waals surface area contributed by atoms with Crippen LogP contribution in [0.25, 0.3) is 0 Å². The number of ether oxygens (including phenoxy) is 4. The van der Waals surface area contributed by atoms with Crippen LogP contribution in [0.2, 0.25) is 5.02 Å². The third-order valence-electron chi connectivity index (χ3n) is 13.9. The number of hydrogen-bond donors (Lipinski definition) is 2. The Kier molecular flexibility index (Phi) is 14.1. The van der Waals surface area contributed by atoms with Crippen LogP contribution >= 0.6 is 11.6 Å². The number of anilines is 1. The summed E-state index contributed by atoms with van der Waals surface area (Å²) >= 11 is 6.54. The van der Waals surface area contributed by atoms with Gasteiger partial charge in [0.25, 0.3) is 5.91 Å². The number of amides is 2. The van der Waals surface area contributed by atoms with Gasteiger partial charge in [-0.25, -0.2) is 17.9 Å². The smallest absolute Gasteiger partial charge is 0.410 e. The van der Waals surface area contributed by atoms with Gasteiger partial charge in [0.15, 0.2) is 0 Å². The van der Waals surface area contributed by atoms with Crippen molar-refractivity contribution in [3.05, 3.63) is 70.3 Å². The van der Waals surface area contributed by atoms with E-state index in [0.29, 0.717) is 64.7 Å². The maximum atomic E-state index is 13.8. The second-order valence-electron chi connectivity index (χ2n) is 19.3. The number of carbonyl (C=O) groups excluding carboxylic acids is 2. The van der Waals surface area contributed by atoms with Gasteiger partial charge in [-0.3, -0.25) is 4.79 Å². The molecule has 2 aromatic carbocycles. The number of methoxy groups -OCH3 is 1. The van der Waals surface area contributed by atoms with E-state index in [1.54, 1.807) is 20.1 Å². The van der Waals surface area contributed by atoms with Gasteiger partial charge in [-0.05, 0) is 145 Å². The second kappa shape index (κ2) is 18.8. The molecule has 2 aromatic rings. The normalized spacial score (nSPS) is 30.8. The number of nitrogens with zero attached hydrogens (tertiary/aromatic N) is 2. The number of benzene rings is 2. The monoisotopic (exact) mass is 882 g/mol. The summed E-state index contributed by atoms with van der Waals surface area (Å²) in [7, 11) is -2.36. The molecule has 2 amide bonds. The van der Waals surface area contributed by atoms with Crippen LogP contribution in [0.3, 0.4) is 0 Å². The van der Waals surface area contributed by atoms with E-state index in [2.05, 4.69) is 39.2 Å². The molecule has 1 saturated carbocycles. The lowest BCUT2D eigenvalue weighted by Gasteiger charge is -2.51. The van der Waals surface area contributed by atoms with Crippen LogP contribution in [0, 0.1) is 17.8 Å². The summed E-state index contributed by atoms with van der Waals surface area (Å²) in [4.78, 5) is 31.4. The van der Waals surface area contributed by atoms with Crippen molar-refractivity contribution in [3.8, 4) is 5.75 Å². The predicted molar refractivity (Wildman–Crippen MR) is 239 cm³/mol. The van der Waals surface area contributed by atoms with Gasteiger partial charge in [-0.2, -0.15) is 0 Å². The molecule has 14 heteroatoms. The van der Waals surface area contributed by atoms with Crippen LogP contribution in [0.4, 0.5) is 10.5 Å². The Morgan fingerprint density at radius 3 is 2.64 bits per heavy atom. The van der Waals surface area contributed by atoms with Crippen LogP contribution < -0.4 is 19.7 Å². The minimum absolute atomic E-state index is 0.0273. The first-order valence-electron chi connectivity index (χ1n) is 22.4. The fourth-order valence-corrected chi connectivity index (χ4v) is 11.8. The molecule has 0 radical (unpaired) electrons.